The summed E-state index contributed by atoms with van der Waals surface area (Å²) in [4.78, 5) is 0. The Morgan fingerprint density at radius 2 is 0.519 bits per heavy atom. The van der Waals surface area contributed by atoms with Crippen LogP contribution < -0.4 is 21.2 Å². The SMILES string of the molecule is Br.P.c1ccc([PH](c2ccccc2)(c2ccccc2)c2ccccc2)cc1. The van der Waals surface area contributed by atoms with Crippen molar-refractivity contribution in [2.45, 2.75) is 0 Å². The van der Waals surface area contributed by atoms with Gasteiger partial charge in [-0.1, -0.05) is 0 Å². The Hall–Kier alpha value is -1.78. The summed E-state index contributed by atoms with van der Waals surface area (Å²) < 4.78 is 0. The fraction of sp³-hybridized carbons (Fsp3) is 0. The molecule has 0 aliphatic heterocycles. The molecule has 0 bridgehead atoms. The molecular weight excluding hydrogens is 430 g/mol. The fourth-order valence-electron chi connectivity index (χ4n) is 3.75. The summed E-state index contributed by atoms with van der Waals surface area (Å²) in [5.74, 6) is 0. The van der Waals surface area contributed by atoms with E-state index < -0.39 is 7.26 Å². The molecule has 27 heavy (non-hydrogen) atoms. The van der Waals surface area contributed by atoms with Crippen LogP contribution in [0.1, 0.15) is 0 Å². The van der Waals surface area contributed by atoms with Crippen LogP contribution in [0.5, 0.6) is 0 Å². The molecule has 4 aromatic carbocycles. The zero-order valence-corrected chi connectivity index (χ0v) is 19.3. The van der Waals surface area contributed by atoms with E-state index >= 15 is 0 Å². The van der Waals surface area contributed by atoms with Crippen LogP contribution in [0.4, 0.5) is 0 Å². The Balaban J connectivity index is 0.00000131. The van der Waals surface area contributed by atoms with Crippen molar-refractivity contribution in [2.75, 3.05) is 0 Å². The molecule has 0 N–H and O–H groups in total. The normalized spacial score (nSPS) is 11.0. The van der Waals surface area contributed by atoms with Crippen LogP contribution in [-0.2, 0) is 0 Å². The van der Waals surface area contributed by atoms with Crippen molar-refractivity contribution in [2.24, 2.45) is 0 Å². The van der Waals surface area contributed by atoms with E-state index in [4.69, 9.17) is 0 Å². The van der Waals surface area contributed by atoms with Gasteiger partial charge in [-0.3, -0.25) is 0 Å². The third-order valence-electron chi connectivity index (χ3n) is 4.83. The summed E-state index contributed by atoms with van der Waals surface area (Å²) in [6.07, 6.45) is 0. The second-order valence-electron chi connectivity index (χ2n) is 6.21. The average Bonchev–Trinajstić information content (AvgIpc) is 2.72. The van der Waals surface area contributed by atoms with Crippen LogP contribution in [0.2, 0.25) is 0 Å². The van der Waals surface area contributed by atoms with E-state index in [0.717, 1.165) is 0 Å². The maximum absolute atomic E-state index is 2.30. The van der Waals surface area contributed by atoms with Gasteiger partial charge in [0.2, 0.25) is 0 Å². The second kappa shape index (κ2) is 9.95. The number of benzene rings is 4. The van der Waals surface area contributed by atoms with Crippen LogP contribution in [0.3, 0.4) is 0 Å². The standard InChI is InChI=1S/C24H21P.BrH.H3P/c1-5-13-21(14-6-1)25(22-15-7-2-8-16-22,23-17-9-3-10-18-23)24-19-11-4-12-20-24;;/h1-20,25H;1H;1H3. The zero-order chi connectivity index (χ0) is 17.0. The molecule has 0 nitrogen and oxygen atoms in total. The van der Waals surface area contributed by atoms with Crippen molar-refractivity contribution in [3.8, 4) is 0 Å². The first kappa shape index (κ1) is 21.5. The molecule has 0 aliphatic rings. The van der Waals surface area contributed by atoms with Crippen molar-refractivity contribution < 1.29 is 0 Å². The molecule has 0 saturated heterocycles. The van der Waals surface area contributed by atoms with Crippen LogP contribution in [0.25, 0.3) is 0 Å². The van der Waals surface area contributed by atoms with Gasteiger partial charge in [-0.15, -0.1) is 17.0 Å². The van der Waals surface area contributed by atoms with Crippen molar-refractivity contribution in [3.05, 3.63) is 121 Å². The monoisotopic (exact) mass is 454 g/mol. The van der Waals surface area contributed by atoms with E-state index in [1.54, 1.807) is 0 Å². The maximum atomic E-state index is 2.29. The Kier molecular flexibility index (Phi) is 7.93. The average molecular weight is 455 g/mol. The zero-order valence-electron chi connectivity index (χ0n) is 15.2. The molecule has 0 saturated carbocycles. The van der Waals surface area contributed by atoms with Gasteiger partial charge in [0.25, 0.3) is 0 Å². The van der Waals surface area contributed by atoms with E-state index in [9.17, 15) is 0 Å². The van der Waals surface area contributed by atoms with Crippen LogP contribution in [-0.4, -0.2) is 0 Å². The van der Waals surface area contributed by atoms with E-state index in [1.165, 1.54) is 21.2 Å². The van der Waals surface area contributed by atoms with Gasteiger partial charge in [0, 0.05) is 0 Å². The van der Waals surface area contributed by atoms with E-state index in [0.29, 0.717) is 0 Å². The second-order valence-corrected chi connectivity index (χ2v) is 10.0. The molecule has 0 radical (unpaired) electrons. The quantitative estimate of drug-likeness (QED) is 0.393. The van der Waals surface area contributed by atoms with Gasteiger partial charge in [-0.05, 0) is 0 Å². The first-order valence-electron chi connectivity index (χ1n) is 8.64. The van der Waals surface area contributed by atoms with Crippen LogP contribution in [0.15, 0.2) is 121 Å². The first-order chi connectivity index (χ1) is 12.4. The summed E-state index contributed by atoms with van der Waals surface area (Å²) in [6.45, 7) is 0. The molecule has 4 rings (SSSR count). The fourth-order valence-corrected chi connectivity index (χ4v) is 8.52. The van der Waals surface area contributed by atoms with Crippen molar-refractivity contribution >= 4 is 55.4 Å². The minimum absolute atomic E-state index is 0. The van der Waals surface area contributed by atoms with Gasteiger partial charge in [0.1, 0.15) is 0 Å². The number of hydrogen-bond donors (Lipinski definition) is 0. The van der Waals surface area contributed by atoms with Gasteiger partial charge in [0.05, 0.1) is 0 Å². The Morgan fingerprint density at radius 3 is 0.704 bits per heavy atom. The van der Waals surface area contributed by atoms with Gasteiger partial charge >= 0.3 is 150 Å². The molecule has 0 fully saturated rings. The van der Waals surface area contributed by atoms with Crippen LogP contribution >= 0.6 is 34.1 Å². The van der Waals surface area contributed by atoms with Crippen molar-refractivity contribution in [3.63, 3.8) is 0 Å². The summed E-state index contributed by atoms with van der Waals surface area (Å²) in [5, 5.41) is 5.66. The van der Waals surface area contributed by atoms with Gasteiger partial charge < -0.3 is 0 Å². The van der Waals surface area contributed by atoms with Gasteiger partial charge in [0.15, 0.2) is 0 Å². The molecule has 3 heteroatoms. The number of halogens is 1. The van der Waals surface area contributed by atoms with Gasteiger partial charge in [-0.2, -0.15) is 9.90 Å². The molecule has 0 aromatic heterocycles. The van der Waals surface area contributed by atoms with E-state index in [2.05, 4.69) is 121 Å². The van der Waals surface area contributed by atoms with Crippen molar-refractivity contribution in [1.82, 2.24) is 0 Å². The van der Waals surface area contributed by atoms with E-state index in [-0.39, 0.29) is 26.9 Å². The minimum atomic E-state index is -2.30. The third-order valence-corrected chi connectivity index (χ3v) is 9.62. The molecule has 0 amide bonds. The summed E-state index contributed by atoms with van der Waals surface area (Å²) in [7, 11) is -2.30. The molecular formula is C24H25BrP2. The Labute approximate surface area is 176 Å². The summed E-state index contributed by atoms with van der Waals surface area (Å²) in [6, 6.07) is 44.0. The summed E-state index contributed by atoms with van der Waals surface area (Å²) >= 11 is 0. The Morgan fingerprint density at radius 1 is 0.333 bits per heavy atom. The topological polar surface area (TPSA) is 0 Å². The molecule has 4 aromatic rings. The predicted molar refractivity (Wildman–Crippen MR) is 134 cm³/mol. The summed E-state index contributed by atoms with van der Waals surface area (Å²) in [5.41, 5.74) is 0. The van der Waals surface area contributed by atoms with Gasteiger partial charge in [-0.25, -0.2) is 0 Å². The molecule has 0 spiro atoms. The number of hydrogen-bond acceptors (Lipinski definition) is 0. The molecule has 0 heterocycles. The Bertz CT molecular complexity index is 763. The molecule has 1 atom stereocenters. The van der Waals surface area contributed by atoms with E-state index in [1.807, 2.05) is 0 Å². The van der Waals surface area contributed by atoms with Crippen molar-refractivity contribution in [1.29, 1.82) is 0 Å². The number of rotatable bonds is 4. The molecule has 0 aliphatic carbocycles. The molecule has 1 unspecified atom stereocenters. The predicted octanol–water partition coefficient (Wildman–Crippen LogP) is 4.67. The van der Waals surface area contributed by atoms with Crippen LogP contribution in [0, 0.1) is 0 Å². The first-order valence-corrected chi connectivity index (χ1v) is 10.6. The molecule has 138 valence electrons. The third kappa shape index (κ3) is 4.07.